The summed E-state index contributed by atoms with van der Waals surface area (Å²) in [6.45, 7) is 0.955. The largest absolute Gasteiger partial charge is 0.497 e. The molecule has 0 unspecified atom stereocenters. The van der Waals surface area contributed by atoms with E-state index in [0.717, 1.165) is 0 Å². The average Bonchev–Trinajstić information content (AvgIpc) is 2.63. The summed E-state index contributed by atoms with van der Waals surface area (Å²) < 4.78 is 16.1. The summed E-state index contributed by atoms with van der Waals surface area (Å²) in [6.07, 6.45) is 0.677. The number of rotatable bonds is 8. The molecule has 0 amide bonds. The second-order valence-electron chi connectivity index (χ2n) is 5.23. The zero-order valence-corrected chi connectivity index (χ0v) is 16.1. The fraction of sp³-hybridized carbons (Fsp3) is 0.278. The number of benzene rings is 2. The second-order valence-corrected chi connectivity index (χ2v) is 6.08. The number of nitrogens with zero attached hydrogens (tertiary/aromatic N) is 1. The number of halogens is 2. The Morgan fingerprint density at radius 1 is 1.08 bits per heavy atom. The van der Waals surface area contributed by atoms with E-state index in [2.05, 4.69) is 10.3 Å². The van der Waals surface area contributed by atoms with Gasteiger partial charge in [0, 0.05) is 24.1 Å². The lowest BCUT2D eigenvalue weighted by molar-refractivity contribution is 0.314. The molecule has 0 radical (unpaired) electrons. The average molecular weight is 398 g/mol. The van der Waals surface area contributed by atoms with Crippen LogP contribution in [0.15, 0.2) is 41.4 Å². The highest BCUT2D eigenvalue weighted by atomic mass is 35.5. The van der Waals surface area contributed by atoms with E-state index >= 15 is 0 Å². The fourth-order valence-electron chi connectivity index (χ4n) is 2.13. The molecule has 8 heteroatoms. The predicted octanol–water partition coefficient (Wildman–Crippen LogP) is 4.21. The number of methoxy groups -OCH3 is 2. The highest BCUT2D eigenvalue weighted by Crippen LogP contribution is 2.29. The first-order chi connectivity index (χ1) is 12.5. The molecule has 0 bridgehead atoms. The zero-order valence-electron chi connectivity index (χ0n) is 14.6. The van der Waals surface area contributed by atoms with Gasteiger partial charge in [-0.3, -0.25) is 4.99 Å². The van der Waals surface area contributed by atoms with Crippen LogP contribution in [0.5, 0.6) is 17.2 Å². The number of nitrogens with two attached hydrogens (primary N) is 1. The number of hydrogen-bond donors (Lipinski definition) is 2. The van der Waals surface area contributed by atoms with Crippen LogP contribution in [0.3, 0.4) is 0 Å². The molecule has 2 aromatic rings. The minimum absolute atomic E-state index is 0.279. The van der Waals surface area contributed by atoms with Gasteiger partial charge in [0.25, 0.3) is 0 Å². The number of ether oxygens (including phenoxy) is 3. The van der Waals surface area contributed by atoms with Crippen molar-refractivity contribution >= 4 is 34.8 Å². The van der Waals surface area contributed by atoms with Gasteiger partial charge in [-0.2, -0.15) is 0 Å². The summed E-state index contributed by atoms with van der Waals surface area (Å²) in [6, 6.07) is 10.5. The number of aliphatic imine (C=N–C) groups is 1. The number of anilines is 1. The van der Waals surface area contributed by atoms with Crippen molar-refractivity contribution in [3.63, 3.8) is 0 Å². The smallest absolute Gasteiger partial charge is 0.193 e. The summed E-state index contributed by atoms with van der Waals surface area (Å²) in [5.41, 5.74) is 6.60. The molecule has 0 saturated heterocycles. The summed E-state index contributed by atoms with van der Waals surface area (Å²) in [5.74, 6) is 2.20. The summed E-state index contributed by atoms with van der Waals surface area (Å²) >= 11 is 11.9. The number of nitrogens with one attached hydrogen (secondary N) is 1. The van der Waals surface area contributed by atoms with Gasteiger partial charge in [-0.15, -0.1) is 0 Å². The number of hydrogen-bond acceptors (Lipinski definition) is 4. The van der Waals surface area contributed by atoms with Gasteiger partial charge in [0.2, 0.25) is 0 Å². The van der Waals surface area contributed by atoms with Gasteiger partial charge < -0.3 is 25.3 Å². The Labute approximate surface area is 162 Å². The van der Waals surface area contributed by atoms with E-state index in [1.807, 2.05) is 0 Å². The molecule has 0 aliphatic heterocycles. The molecule has 26 heavy (non-hydrogen) atoms. The van der Waals surface area contributed by atoms with E-state index in [1.54, 1.807) is 50.6 Å². The molecule has 0 fully saturated rings. The molecule has 3 N–H and O–H groups in total. The molecular formula is C18H21Cl2N3O3. The zero-order chi connectivity index (χ0) is 18.9. The molecule has 0 heterocycles. The quantitative estimate of drug-likeness (QED) is 0.396. The van der Waals surface area contributed by atoms with Crippen molar-refractivity contribution < 1.29 is 14.2 Å². The van der Waals surface area contributed by atoms with E-state index in [1.165, 1.54) is 0 Å². The van der Waals surface area contributed by atoms with Gasteiger partial charge in [0.1, 0.15) is 17.2 Å². The topological polar surface area (TPSA) is 78.1 Å². The number of guanidine groups is 1. The molecule has 0 aromatic heterocycles. The first-order valence-electron chi connectivity index (χ1n) is 7.90. The third-order valence-electron chi connectivity index (χ3n) is 3.41. The maximum Gasteiger partial charge on any atom is 0.193 e. The van der Waals surface area contributed by atoms with Crippen molar-refractivity contribution in [3.8, 4) is 17.2 Å². The first-order valence-corrected chi connectivity index (χ1v) is 8.66. The Morgan fingerprint density at radius 2 is 1.85 bits per heavy atom. The normalized spacial score (nSPS) is 11.2. The van der Waals surface area contributed by atoms with Crippen molar-refractivity contribution in [1.29, 1.82) is 0 Å². The summed E-state index contributed by atoms with van der Waals surface area (Å²) in [4.78, 5) is 4.27. The van der Waals surface area contributed by atoms with Crippen LogP contribution in [0.2, 0.25) is 10.0 Å². The Bertz CT molecular complexity index is 769. The van der Waals surface area contributed by atoms with Gasteiger partial charge in [0.15, 0.2) is 5.96 Å². The first kappa shape index (κ1) is 20.0. The van der Waals surface area contributed by atoms with Crippen molar-refractivity contribution in [2.75, 3.05) is 32.7 Å². The van der Waals surface area contributed by atoms with Crippen molar-refractivity contribution in [2.45, 2.75) is 6.42 Å². The molecule has 6 nitrogen and oxygen atoms in total. The lowest BCUT2D eigenvalue weighted by Gasteiger charge is -2.12. The van der Waals surface area contributed by atoms with Crippen LogP contribution in [0, 0.1) is 0 Å². The minimum Gasteiger partial charge on any atom is -0.497 e. The van der Waals surface area contributed by atoms with Crippen molar-refractivity contribution in [2.24, 2.45) is 10.7 Å². The van der Waals surface area contributed by atoms with Crippen LogP contribution in [0.1, 0.15) is 6.42 Å². The van der Waals surface area contributed by atoms with Gasteiger partial charge in [-0.1, -0.05) is 23.2 Å². The van der Waals surface area contributed by atoms with Gasteiger partial charge in [0.05, 0.1) is 31.5 Å². The highest BCUT2D eigenvalue weighted by molar-refractivity contribution is 6.35. The van der Waals surface area contributed by atoms with Crippen LogP contribution in [-0.2, 0) is 0 Å². The maximum absolute atomic E-state index is 6.05. The monoisotopic (exact) mass is 397 g/mol. The van der Waals surface area contributed by atoms with Crippen LogP contribution in [0.25, 0.3) is 0 Å². The van der Waals surface area contributed by atoms with Gasteiger partial charge >= 0.3 is 0 Å². The van der Waals surface area contributed by atoms with Crippen LogP contribution in [0.4, 0.5) is 5.69 Å². The highest BCUT2D eigenvalue weighted by Gasteiger charge is 2.06. The molecule has 2 aromatic carbocycles. The summed E-state index contributed by atoms with van der Waals surface area (Å²) in [7, 11) is 3.18. The third kappa shape index (κ3) is 5.89. The molecule has 140 valence electrons. The Hall–Kier alpha value is -2.31. The molecular weight excluding hydrogens is 377 g/mol. The summed E-state index contributed by atoms with van der Waals surface area (Å²) in [5, 5.41) is 4.05. The molecule has 0 aliphatic carbocycles. The van der Waals surface area contributed by atoms with E-state index in [0.29, 0.717) is 52.6 Å². The van der Waals surface area contributed by atoms with Crippen LogP contribution < -0.4 is 25.3 Å². The predicted molar refractivity (Wildman–Crippen MR) is 106 cm³/mol. The standard InChI is InChI=1S/C18H21Cl2N3O3/c1-24-13-5-7-17(25-2)15(11-13)23-18(21)22-8-3-9-26-16-6-4-12(19)10-14(16)20/h4-7,10-11H,3,8-9H2,1-2H3,(H3,21,22,23). The van der Waals surface area contributed by atoms with E-state index in [4.69, 9.17) is 43.1 Å². The molecule has 0 atom stereocenters. The second kappa shape index (κ2) is 9.99. The third-order valence-corrected chi connectivity index (χ3v) is 3.94. The van der Waals surface area contributed by atoms with E-state index in [-0.39, 0.29) is 5.96 Å². The van der Waals surface area contributed by atoms with Crippen LogP contribution in [-0.4, -0.2) is 33.3 Å². The van der Waals surface area contributed by atoms with Gasteiger partial charge in [-0.05, 0) is 30.3 Å². The Morgan fingerprint density at radius 3 is 2.54 bits per heavy atom. The van der Waals surface area contributed by atoms with Crippen molar-refractivity contribution in [1.82, 2.24) is 0 Å². The fourth-order valence-corrected chi connectivity index (χ4v) is 2.59. The molecule has 0 spiro atoms. The Kier molecular flexibility index (Phi) is 7.69. The maximum atomic E-state index is 6.05. The van der Waals surface area contributed by atoms with Crippen LogP contribution >= 0.6 is 23.2 Å². The SMILES string of the molecule is COc1ccc(OC)c(NC(N)=NCCCOc2ccc(Cl)cc2Cl)c1. The molecule has 0 saturated carbocycles. The lowest BCUT2D eigenvalue weighted by atomic mass is 10.2. The van der Waals surface area contributed by atoms with Crippen molar-refractivity contribution in [3.05, 3.63) is 46.4 Å². The van der Waals surface area contributed by atoms with E-state index in [9.17, 15) is 0 Å². The molecule has 2 rings (SSSR count). The Balaban J connectivity index is 1.83. The lowest BCUT2D eigenvalue weighted by Crippen LogP contribution is -2.23. The minimum atomic E-state index is 0.279. The molecule has 0 aliphatic rings. The van der Waals surface area contributed by atoms with Gasteiger partial charge in [-0.25, -0.2) is 0 Å². The van der Waals surface area contributed by atoms with E-state index < -0.39 is 0 Å².